The van der Waals surface area contributed by atoms with Crippen LogP contribution in [-0.4, -0.2) is 38.2 Å². The van der Waals surface area contributed by atoms with Gasteiger partial charge in [-0.1, -0.05) is 18.4 Å². The molecule has 0 spiro atoms. The summed E-state index contributed by atoms with van der Waals surface area (Å²) in [6, 6.07) is 0. The predicted octanol–water partition coefficient (Wildman–Crippen LogP) is 0.0709. The van der Waals surface area contributed by atoms with Gasteiger partial charge in [0.15, 0.2) is 0 Å². The topological polar surface area (TPSA) is 84.7 Å². The number of aryl methyl sites for hydroxylation is 1. The minimum absolute atomic E-state index is 0.0511. The fourth-order valence-corrected chi connectivity index (χ4v) is 2.31. The number of amides is 1. The molecule has 0 radical (unpaired) electrons. The molecule has 0 bridgehead atoms. The van der Waals surface area contributed by atoms with E-state index in [9.17, 15) is 4.79 Å². The number of carbonyl (C=O) groups is 1. The Balaban J connectivity index is 2.06. The van der Waals surface area contributed by atoms with E-state index in [1.54, 1.807) is 7.05 Å². The summed E-state index contributed by atoms with van der Waals surface area (Å²) in [7, 11) is 1.66. The average molecular weight is 238 g/mol. The molecule has 7 nitrogen and oxygen atoms in total. The van der Waals surface area contributed by atoms with Crippen LogP contribution in [-0.2, 0) is 11.8 Å². The van der Waals surface area contributed by atoms with Gasteiger partial charge in [-0.25, -0.2) is 0 Å². The third-order valence-corrected chi connectivity index (χ3v) is 3.09. The lowest BCUT2D eigenvalue weighted by molar-refractivity contribution is -0.122. The summed E-state index contributed by atoms with van der Waals surface area (Å²) < 4.78 is 0. The Morgan fingerprint density at radius 2 is 2.47 bits per heavy atom. The molecule has 94 valence electrons. The summed E-state index contributed by atoms with van der Waals surface area (Å²) in [5.74, 6) is 0.214. The van der Waals surface area contributed by atoms with E-state index in [1.165, 1.54) is 4.80 Å². The number of hydrogen-bond acceptors (Lipinski definition) is 5. The Labute approximate surface area is 100.0 Å². The quantitative estimate of drug-likeness (QED) is 0.775. The highest BCUT2D eigenvalue weighted by atomic mass is 16.2. The van der Waals surface area contributed by atoms with E-state index in [-0.39, 0.29) is 11.9 Å². The van der Waals surface area contributed by atoms with E-state index in [0.717, 1.165) is 32.2 Å². The molecule has 17 heavy (non-hydrogen) atoms. The molecular weight excluding hydrogens is 220 g/mol. The van der Waals surface area contributed by atoms with Crippen LogP contribution in [0.1, 0.15) is 32.6 Å². The van der Waals surface area contributed by atoms with Crippen LogP contribution < -0.4 is 10.6 Å². The molecule has 1 aliphatic rings. The SMILES string of the molecule is CCCC1(C(=O)Nc2nnn(C)n2)CCCN1. The van der Waals surface area contributed by atoms with Gasteiger partial charge in [0.25, 0.3) is 5.95 Å². The van der Waals surface area contributed by atoms with E-state index in [4.69, 9.17) is 0 Å². The van der Waals surface area contributed by atoms with Gasteiger partial charge in [0.1, 0.15) is 0 Å². The lowest BCUT2D eigenvalue weighted by atomic mass is 9.91. The molecule has 7 heteroatoms. The molecular formula is C10H18N6O. The van der Waals surface area contributed by atoms with Crippen molar-refractivity contribution in [2.45, 2.75) is 38.1 Å². The lowest BCUT2D eigenvalue weighted by Gasteiger charge is -2.26. The summed E-state index contributed by atoms with van der Waals surface area (Å²) in [4.78, 5) is 13.6. The average Bonchev–Trinajstić information content (AvgIpc) is 2.89. The molecule has 0 aliphatic carbocycles. The number of aromatic nitrogens is 4. The molecule has 1 aromatic heterocycles. The van der Waals surface area contributed by atoms with E-state index in [1.807, 2.05) is 0 Å². The maximum Gasteiger partial charge on any atom is 0.270 e. The van der Waals surface area contributed by atoms with Gasteiger partial charge < -0.3 is 5.32 Å². The van der Waals surface area contributed by atoms with Crippen LogP contribution in [0.3, 0.4) is 0 Å². The van der Waals surface area contributed by atoms with Crippen LogP contribution in [0, 0.1) is 0 Å². The van der Waals surface area contributed by atoms with Crippen molar-refractivity contribution in [1.29, 1.82) is 0 Å². The van der Waals surface area contributed by atoms with Crippen molar-refractivity contribution in [2.24, 2.45) is 7.05 Å². The number of hydrogen-bond donors (Lipinski definition) is 2. The number of anilines is 1. The van der Waals surface area contributed by atoms with E-state index >= 15 is 0 Å². The summed E-state index contributed by atoms with van der Waals surface area (Å²) in [5, 5.41) is 17.4. The zero-order chi connectivity index (χ0) is 12.3. The maximum absolute atomic E-state index is 12.2. The summed E-state index contributed by atoms with van der Waals surface area (Å²) in [6.45, 7) is 2.97. The van der Waals surface area contributed by atoms with E-state index in [2.05, 4.69) is 33.0 Å². The standard InChI is InChI=1S/C10H18N6O/c1-3-5-10(6-4-7-11-10)8(17)12-9-13-15-16(2)14-9/h11H,3-7H2,1-2H3,(H,12,14,17). The van der Waals surface area contributed by atoms with E-state index in [0.29, 0.717) is 0 Å². The fourth-order valence-electron chi connectivity index (χ4n) is 2.31. The van der Waals surface area contributed by atoms with Crippen LogP contribution in [0.2, 0.25) is 0 Å². The number of carbonyl (C=O) groups excluding carboxylic acids is 1. The van der Waals surface area contributed by atoms with Crippen LogP contribution >= 0.6 is 0 Å². The van der Waals surface area contributed by atoms with Gasteiger partial charge in [-0.3, -0.25) is 10.1 Å². The van der Waals surface area contributed by atoms with Crippen LogP contribution in [0.4, 0.5) is 5.95 Å². The Bertz CT molecular complexity index is 395. The number of rotatable bonds is 4. The molecule has 2 heterocycles. The van der Waals surface area contributed by atoms with Crippen molar-refractivity contribution in [3.8, 4) is 0 Å². The van der Waals surface area contributed by atoms with E-state index < -0.39 is 5.54 Å². The van der Waals surface area contributed by atoms with Crippen LogP contribution in [0.5, 0.6) is 0 Å². The molecule has 1 amide bonds. The Hall–Kier alpha value is -1.50. The second kappa shape index (κ2) is 4.79. The first-order chi connectivity index (χ1) is 8.16. The maximum atomic E-state index is 12.2. The van der Waals surface area contributed by atoms with Gasteiger partial charge >= 0.3 is 0 Å². The molecule has 1 saturated heterocycles. The highest BCUT2D eigenvalue weighted by molar-refractivity contribution is 5.97. The van der Waals surface area contributed by atoms with Crippen molar-refractivity contribution in [3.05, 3.63) is 0 Å². The highest BCUT2D eigenvalue weighted by Gasteiger charge is 2.40. The zero-order valence-corrected chi connectivity index (χ0v) is 10.2. The van der Waals surface area contributed by atoms with Crippen molar-refractivity contribution < 1.29 is 4.79 Å². The second-order valence-electron chi connectivity index (χ2n) is 4.42. The molecule has 1 aromatic rings. The molecule has 1 atom stereocenters. The Morgan fingerprint density at radius 3 is 3.00 bits per heavy atom. The van der Waals surface area contributed by atoms with Gasteiger partial charge in [0.05, 0.1) is 12.6 Å². The van der Waals surface area contributed by atoms with Gasteiger partial charge in [-0.2, -0.15) is 4.80 Å². The van der Waals surface area contributed by atoms with Crippen LogP contribution in [0.25, 0.3) is 0 Å². The summed E-state index contributed by atoms with van der Waals surface area (Å²) in [6.07, 6.45) is 3.70. The van der Waals surface area contributed by atoms with Crippen molar-refractivity contribution in [2.75, 3.05) is 11.9 Å². The molecule has 0 saturated carbocycles. The zero-order valence-electron chi connectivity index (χ0n) is 10.2. The Kier molecular flexibility index (Phi) is 3.37. The normalized spacial score (nSPS) is 23.9. The minimum Gasteiger partial charge on any atom is -0.303 e. The number of nitrogens with zero attached hydrogens (tertiary/aromatic N) is 4. The third-order valence-electron chi connectivity index (χ3n) is 3.09. The molecule has 1 fully saturated rings. The van der Waals surface area contributed by atoms with Gasteiger partial charge in [-0.05, 0) is 31.0 Å². The lowest BCUT2D eigenvalue weighted by Crippen LogP contribution is -2.50. The molecule has 0 aromatic carbocycles. The third kappa shape index (κ3) is 2.44. The first-order valence-corrected chi connectivity index (χ1v) is 5.97. The largest absolute Gasteiger partial charge is 0.303 e. The number of tetrazole rings is 1. The van der Waals surface area contributed by atoms with Crippen molar-refractivity contribution in [1.82, 2.24) is 25.5 Å². The minimum atomic E-state index is -0.450. The van der Waals surface area contributed by atoms with Crippen LogP contribution in [0.15, 0.2) is 0 Å². The second-order valence-corrected chi connectivity index (χ2v) is 4.42. The molecule has 1 aliphatic heterocycles. The van der Waals surface area contributed by atoms with Gasteiger partial charge in [0, 0.05) is 0 Å². The van der Waals surface area contributed by atoms with Crippen molar-refractivity contribution >= 4 is 11.9 Å². The first kappa shape index (κ1) is 12.0. The number of nitrogens with one attached hydrogen (secondary N) is 2. The van der Waals surface area contributed by atoms with Gasteiger partial charge in [-0.15, -0.1) is 5.10 Å². The summed E-state index contributed by atoms with van der Waals surface area (Å²) in [5.41, 5.74) is -0.450. The monoisotopic (exact) mass is 238 g/mol. The van der Waals surface area contributed by atoms with Crippen molar-refractivity contribution in [3.63, 3.8) is 0 Å². The first-order valence-electron chi connectivity index (χ1n) is 5.97. The highest BCUT2D eigenvalue weighted by Crippen LogP contribution is 2.25. The fraction of sp³-hybridized carbons (Fsp3) is 0.800. The summed E-state index contributed by atoms with van der Waals surface area (Å²) >= 11 is 0. The predicted molar refractivity (Wildman–Crippen MR) is 62.3 cm³/mol. The molecule has 2 N–H and O–H groups in total. The molecule has 1 unspecified atom stereocenters. The molecule has 2 rings (SSSR count). The van der Waals surface area contributed by atoms with Gasteiger partial charge in [0.2, 0.25) is 5.91 Å². The Morgan fingerprint density at radius 1 is 1.65 bits per heavy atom. The smallest absolute Gasteiger partial charge is 0.270 e.